The Kier molecular flexibility index (Phi) is 3.19. The summed E-state index contributed by atoms with van der Waals surface area (Å²) in [5, 5.41) is 6.32. The van der Waals surface area contributed by atoms with Crippen molar-refractivity contribution in [2.45, 2.75) is 0 Å². The minimum Gasteiger partial charge on any atom is -0.398 e. The monoisotopic (exact) mass is 227 g/mol. The summed E-state index contributed by atoms with van der Waals surface area (Å²) in [4.78, 5) is 0. The van der Waals surface area contributed by atoms with E-state index < -0.39 is 0 Å². The second kappa shape index (κ2) is 4.78. The van der Waals surface area contributed by atoms with E-state index in [4.69, 9.17) is 5.73 Å². The van der Waals surface area contributed by atoms with Crippen LogP contribution in [-0.2, 0) is 0 Å². The minimum absolute atomic E-state index is 0.793. The van der Waals surface area contributed by atoms with Crippen molar-refractivity contribution in [1.82, 2.24) is 0 Å². The molecule has 0 amide bonds. The molecule has 0 aliphatic heterocycles. The van der Waals surface area contributed by atoms with Crippen molar-refractivity contribution in [2.24, 2.45) is 0 Å². The van der Waals surface area contributed by atoms with E-state index in [-0.39, 0.29) is 0 Å². The van der Waals surface area contributed by atoms with Gasteiger partial charge in [-0.05, 0) is 18.2 Å². The third-order valence-electron chi connectivity index (χ3n) is 2.83. The predicted octanol–water partition coefficient (Wildman–Crippen LogP) is 3.02. The highest BCUT2D eigenvalue weighted by atomic mass is 14.9. The highest BCUT2D eigenvalue weighted by Crippen LogP contribution is 2.33. The van der Waals surface area contributed by atoms with Crippen LogP contribution in [0.2, 0.25) is 0 Å². The molecule has 88 valence electrons. The number of nitrogens with one attached hydrogen (secondary N) is 2. The van der Waals surface area contributed by atoms with Crippen LogP contribution in [0, 0.1) is 0 Å². The third kappa shape index (κ3) is 2.18. The van der Waals surface area contributed by atoms with Gasteiger partial charge in [0.2, 0.25) is 0 Å². The maximum absolute atomic E-state index is 6.00. The summed E-state index contributed by atoms with van der Waals surface area (Å²) in [5.74, 6) is 0. The first-order chi connectivity index (χ1) is 8.26. The number of anilines is 3. The Morgan fingerprint density at radius 3 is 2.29 bits per heavy atom. The van der Waals surface area contributed by atoms with Gasteiger partial charge in [-0.25, -0.2) is 0 Å². The fourth-order valence-electron chi connectivity index (χ4n) is 1.88. The summed E-state index contributed by atoms with van der Waals surface area (Å²) >= 11 is 0. The van der Waals surface area contributed by atoms with Crippen LogP contribution in [0.15, 0.2) is 42.5 Å². The quantitative estimate of drug-likeness (QED) is 0.706. The topological polar surface area (TPSA) is 50.1 Å². The van der Waals surface area contributed by atoms with E-state index in [1.165, 1.54) is 0 Å². The number of nitrogen functional groups attached to an aromatic ring is 1. The standard InChI is InChI=1S/C14H17N3/c1-16-10-7-8-12(14(9-10)17-2)11-5-3-4-6-13(11)15/h3-9,16-17H,15H2,1-2H3. The zero-order valence-electron chi connectivity index (χ0n) is 10.1. The van der Waals surface area contributed by atoms with Crippen LogP contribution in [0.3, 0.4) is 0 Å². The number of rotatable bonds is 3. The van der Waals surface area contributed by atoms with Crippen molar-refractivity contribution < 1.29 is 0 Å². The van der Waals surface area contributed by atoms with Gasteiger partial charge in [0.25, 0.3) is 0 Å². The molecule has 0 aliphatic carbocycles. The summed E-state index contributed by atoms with van der Waals surface area (Å²) in [7, 11) is 3.82. The lowest BCUT2D eigenvalue weighted by Crippen LogP contribution is -1.97. The molecule has 0 saturated carbocycles. The van der Waals surface area contributed by atoms with Gasteiger partial charge >= 0.3 is 0 Å². The van der Waals surface area contributed by atoms with Crippen molar-refractivity contribution in [1.29, 1.82) is 0 Å². The van der Waals surface area contributed by atoms with Crippen molar-refractivity contribution in [2.75, 3.05) is 30.5 Å². The summed E-state index contributed by atoms with van der Waals surface area (Å²) in [6.45, 7) is 0. The lowest BCUT2D eigenvalue weighted by atomic mass is 10.0. The average molecular weight is 227 g/mol. The molecule has 17 heavy (non-hydrogen) atoms. The van der Waals surface area contributed by atoms with Crippen LogP contribution in [0.1, 0.15) is 0 Å². The van der Waals surface area contributed by atoms with Crippen molar-refractivity contribution in [3.05, 3.63) is 42.5 Å². The molecular formula is C14H17N3. The molecule has 0 atom stereocenters. The van der Waals surface area contributed by atoms with Gasteiger partial charge in [0, 0.05) is 42.3 Å². The lowest BCUT2D eigenvalue weighted by molar-refractivity contribution is 1.46. The molecule has 2 aromatic rings. The van der Waals surface area contributed by atoms with Crippen LogP contribution < -0.4 is 16.4 Å². The fourth-order valence-corrected chi connectivity index (χ4v) is 1.88. The average Bonchev–Trinajstić information content (AvgIpc) is 2.38. The smallest absolute Gasteiger partial charge is 0.0438 e. The van der Waals surface area contributed by atoms with Gasteiger partial charge in [-0.15, -0.1) is 0 Å². The van der Waals surface area contributed by atoms with Gasteiger partial charge in [0.1, 0.15) is 0 Å². The normalized spacial score (nSPS) is 10.0. The number of hydrogen-bond acceptors (Lipinski definition) is 3. The van der Waals surface area contributed by atoms with Gasteiger partial charge in [-0.1, -0.05) is 24.3 Å². The Labute approximate surface area is 102 Å². The van der Waals surface area contributed by atoms with E-state index in [9.17, 15) is 0 Å². The molecule has 0 bridgehead atoms. The maximum Gasteiger partial charge on any atom is 0.0438 e. The van der Waals surface area contributed by atoms with Crippen LogP contribution in [0.25, 0.3) is 11.1 Å². The highest BCUT2D eigenvalue weighted by Gasteiger charge is 2.07. The van der Waals surface area contributed by atoms with Crippen LogP contribution in [0.5, 0.6) is 0 Å². The zero-order valence-corrected chi connectivity index (χ0v) is 10.1. The van der Waals surface area contributed by atoms with Gasteiger partial charge < -0.3 is 16.4 Å². The molecule has 0 aromatic heterocycles. The Balaban J connectivity index is 2.56. The maximum atomic E-state index is 6.00. The molecule has 4 N–H and O–H groups in total. The zero-order chi connectivity index (χ0) is 12.3. The molecule has 3 nitrogen and oxygen atoms in total. The van der Waals surface area contributed by atoms with E-state index >= 15 is 0 Å². The number of hydrogen-bond donors (Lipinski definition) is 3. The number of benzene rings is 2. The van der Waals surface area contributed by atoms with Crippen molar-refractivity contribution in [3.63, 3.8) is 0 Å². The summed E-state index contributed by atoms with van der Waals surface area (Å²) in [5.41, 5.74) is 11.1. The molecule has 3 heteroatoms. The largest absolute Gasteiger partial charge is 0.398 e. The van der Waals surface area contributed by atoms with Crippen LogP contribution in [0.4, 0.5) is 17.1 Å². The number of para-hydroxylation sites is 1. The molecule has 0 fully saturated rings. The Morgan fingerprint density at radius 2 is 1.65 bits per heavy atom. The lowest BCUT2D eigenvalue weighted by Gasteiger charge is -2.13. The van der Waals surface area contributed by atoms with E-state index in [1.807, 2.05) is 44.4 Å². The molecule has 2 aromatic carbocycles. The minimum atomic E-state index is 0.793. The van der Waals surface area contributed by atoms with Gasteiger partial charge in [-0.2, -0.15) is 0 Å². The highest BCUT2D eigenvalue weighted by molar-refractivity contribution is 5.86. The van der Waals surface area contributed by atoms with E-state index in [0.717, 1.165) is 28.2 Å². The summed E-state index contributed by atoms with van der Waals surface area (Å²) < 4.78 is 0. The first-order valence-corrected chi connectivity index (χ1v) is 5.60. The third-order valence-corrected chi connectivity index (χ3v) is 2.83. The molecular weight excluding hydrogens is 210 g/mol. The van der Waals surface area contributed by atoms with Crippen molar-refractivity contribution in [3.8, 4) is 11.1 Å². The molecule has 2 rings (SSSR count). The molecule has 0 saturated heterocycles. The first-order valence-electron chi connectivity index (χ1n) is 5.60. The van der Waals surface area contributed by atoms with E-state index in [2.05, 4.69) is 22.8 Å². The summed E-state index contributed by atoms with van der Waals surface area (Å²) in [6.07, 6.45) is 0. The second-order valence-corrected chi connectivity index (χ2v) is 3.85. The molecule has 0 unspecified atom stereocenters. The van der Waals surface area contributed by atoms with Gasteiger partial charge in [0.15, 0.2) is 0 Å². The summed E-state index contributed by atoms with van der Waals surface area (Å²) in [6, 6.07) is 14.1. The molecule has 0 heterocycles. The Bertz CT molecular complexity index is 521. The van der Waals surface area contributed by atoms with Crippen LogP contribution in [-0.4, -0.2) is 14.1 Å². The fraction of sp³-hybridized carbons (Fsp3) is 0.143. The van der Waals surface area contributed by atoms with Gasteiger partial charge in [0.05, 0.1) is 0 Å². The van der Waals surface area contributed by atoms with E-state index in [1.54, 1.807) is 0 Å². The predicted molar refractivity (Wildman–Crippen MR) is 75.4 cm³/mol. The van der Waals surface area contributed by atoms with Crippen LogP contribution >= 0.6 is 0 Å². The van der Waals surface area contributed by atoms with Gasteiger partial charge in [-0.3, -0.25) is 0 Å². The second-order valence-electron chi connectivity index (χ2n) is 3.85. The molecule has 0 aliphatic rings. The SMILES string of the molecule is CNc1ccc(-c2ccccc2N)c(NC)c1. The Hall–Kier alpha value is -2.16. The molecule has 0 spiro atoms. The number of nitrogens with two attached hydrogens (primary N) is 1. The molecule has 0 radical (unpaired) electrons. The van der Waals surface area contributed by atoms with Crippen molar-refractivity contribution >= 4 is 17.1 Å². The Morgan fingerprint density at radius 1 is 0.882 bits per heavy atom. The van der Waals surface area contributed by atoms with E-state index in [0.29, 0.717) is 0 Å². The first kappa shape index (κ1) is 11.3.